The quantitative estimate of drug-likeness (QED) is 0.206. The van der Waals surface area contributed by atoms with Crippen LogP contribution in [0.5, 0.6) is 17.2 Å². The lowest BCUT2D eigenvalue weighted by atomic mass is 9.96. The summed E-state index contributed by atoms with van der Waals surface area (Å²) in [6.07, 6.45) is 5.55. The highest BCUT2D eigenvalue weighted by Gasteiger charge is 2.42. The first-order chi connectivity index (χ1) is 20.0. The molecule has 1 aliphatic heterocycles. The second-order valence-electron chi connectivity index (χ2n) is 10.0. The second kappa shape index (κ2) is 11.4. The Kier molecular flexibility index (Phi) is 7.39. The van der Waals surface area contributed by atoms with Crippen LogP contribution in [0, 0.1) is 13.8 Å². The molecule has 41 heavy (non-hydrogen) atoms. The van der Waals surface area contributed by atoms with E-state index in [0.29, 0.717) is 5.11 Å². The van der Waals surface area contributed by atoms with Crippen molar-refractivity contribution in [3.05, 3.63) is 132 Å². The number of hydrogen-bond donors (Lipinski definition) is 1. The molecule has 1 N–H and O–H groups in total. The number of pyridine rings is 2. The maximum absolute atomic E-state index is 6.08. The summed E-state index contributed by atoms with van der Waals surface area (Å²) in [5, 5.41) is 4.23. The largest absolute Gasteiger partial charge is 0.497 e. The second-order valence-corrected chi connectivity index (χ2v) is 10.4. The van der Waals surface area contributed by atoms with E-state index < -0.39 is 0 Å². The molecule has 0 unspecified atom stereocenters. The van der Waals surface area contributed by atoms with Crippen molar-refractivity contribution >= 4 is 23.0 Å². The van der Waals surface area contributed by atoms with Crippen molar-refractivity contribution < 1.29 is 9.47 Å². The van der Waals surface area contributed by atoms with Gasteiger partial charge in [-0.25, -0.2) is 0 Å². The third kappa shape index (κ3) is 5.38. The molecule has 0 amide bonds. The van der Waals surface area contributed by atoms with E-state index >= 15 is 0 Å². The zero-order chi connectivity index (χ0) is 28.3. The van der Waals surface area contributed by atoms with Crippen LogP contribution in [0.25, 0.3) is 0 Å². The number of anilines is 1. The third-order valence-electron chi connectivity index (χ3n) is 7.50. The zero-order valence-corrected chi connectivity index (χ0v) is 24.0. The molecule has 1 aliphatic rings. The molecule has 1 fully saturated rings. The van der Waals surface area contributed by atoms with E-state index in [1.54, 1.807) is 13.3 Å². The van der Waals surface area contributed by atoms with Crippen molar-refractivity contribution in [2.75, 3.05) is 12.0 Å². The van der Waals surface area contributed by atoms with Crippen LogP contribution in [0.2, 0.25) is 0 Å². The van der Waals surface area contributed by atoms with Crippen LogP contribution in [0.4, 0.5) is 5.69 Å². The first-order valence-electron chi connectivity index (χ1n) is 13.5. The molecule has 8 heteroatoms. The van der Waals surface area contributed by atoms with Crippen molar-refractivity contribution in [3.8, 4) is 17.2 Å². The number of ether oxygens (including phenoxy) is 2. The summed E-state index contributed by atoms with van der Waals surface area (Å²) < 4.78 is 13.7. The first kappa shape index (κ1) is 26.5. The molecule has 1 saturated heterocycles. The van der Waals surface area contributed by atoms with Gasteiger partial charge in [0.2, 0.25) is 0 Å². The molecule has 3 aromatic heterocycles. The average molecular weight is 562 g/mol. The average Bonchev–Trinajstić information content (AvgIpc) is 3.49. The highest BCUT2D eigenvalue weighted by atomic mass is 32.1. The number of aryl methyl sites for hydroxylation is 1. The van der Waals surface area contributed by atoms with Crippen LogP contribution < -0.4 is 19.7 Å². The molecule has 5 aromatic rings. The van der Waals surface area contributed by atoms with Crippen molar-refractivity contribution in [1.82, 2.24) is 19.9 Å². The minimum atomic E-state index is -0.119. The van der Waals surface area contributed by atoms with Gasteiger partial charge >= 0.3 is 0 Å². The van der Waals surface area contributed by atoms with E-state index in [2.05, 4.69) is 63.9 Å². The fourth-order valence-corrected chi connectivity index (χ4v) is 5.79. The van der Waals surface area contributed by atoms with E-state index in [1.165, 1.54) is 17.0 Å². The van der Waals surface area contributed by atoms with Gasteiger partial charge in [-0.3, -0.25) is 9.97 Å². The number of nitrogens with one attached hydrogen (secondary N) is 1. The number of methoxy groups -OCH3 is 1. The SMILES string of the molecule is COc1ccc(Oc2ccc(N3C(=S)N[C@H](c4ccccn4)[C@H]3c3cc(C)n(Cc4cccnc4)c3C)cc2)cc1. The smallest absolute Gasteiger partial charge is 0.174 e. The molecule has 206 valence electrons. The van der Waals surface area contributed by atoms with Gasteiger partial charge in [0.25, 0.3) is 0 Å². The lowest BCUT2D eigenvalue weighted by Crippen LogP contribution is -2.29. The molecule has 2 aromatic carbocycles. The van der Waals surface area contributed by atoms with Crippen molar-refractivity contribution in [2.24, 2.45) is 0 Å². The van der Waals surface area contributed by atoms with Crippen LogP contribution in [0.1, 0.15) is 40.3 Å². The monoisotopic (exact) mass is 561 g/mol. The van der Waals surface area contributed by atoms with E-state index in [0.717, 1.165) is 40.7 Å². The standard InChI is InChI=1S/C33H31N5O2S/c1-22-19-29(23(2)37(22)21-24-7-6-17-34-20-24)32-31(30-8-4-5-18-35-30)36-33(41)38(32)25-9-11-27(12-10-25)40-28-15-13-26(39-3)14-16-28/h4-20,31-32H,21H2,1-3H3,(H,36,41)/t31-,32-/m1/s1. The fraction of sp³-hybridized carbons (Fsp3) is 0.182. The number of benzene rings is 2. The van der Waals surface area contributed by atoms with E-state index in [9.17, 15) is 0 Å². The Morgan fingerprint density at radius 1 is 0.878 bits per heavy atom. The van der Waals surface area contributed by atoms with Crippen molar-refractivity contribution in [2.45, 2.75) is 32.5 Å². The lowest BCUT2D eigenvalue weighted by molar-refractivity contribution is 0.413. The predicted octanol–water partition coefficient (Wildman–Crippen LogP) is 6.92. The van der Waals surface area contributed by atoms with E-state index in [-0.39, 0.29) is 12.1 Å². The normalized spacial score (nSPS) is 16.5. The molecule has 2 atom stereocenters. The molecule has 4 heterocycles. The number of nitrogens with zero attached hydrogens (tertiary/aromatic N) is 4. The van der Waals surface area contributed by atoms with Crippen molar-refractivity contribution in [3.63, 3.8) is 0 Å². The summed E-state index contributed by atoms with van der Waals surface area (Å²) >= 11 is 5.95. The van der Waals surface area contributed by atoms with Gasteiger partial charge < -0.3 is 24.3 Å². The Labute approximate surface area is 245 Å². The molecular weight excluding hydrogens is 530 g/mol. The molecule has 0 aliphatic carbocycles. The topological polar surface area (TPSA) is 64.4 Å². The molecule has 0 saturated carbocycles. The molecule has 7 nitrogen and oxygen atoms in total. The van der Waals surface area contributed by atoms with E-state index in [4.69, 9.17) is 26.7 Å². The molecular formula is C33H31N5O2S. The number of rotatable bonds is 8. The highest BCUT2D eigenvalue weighted by Crippen LogP contribution is 2.43. The number of aromatic nitrogens is 3. The van der Waals surface area contributed by atoms with Crippen LogP contribution in [-0.4, -0.2) is 26.8 Å². The zero-order valence-electron chi connectivity index (χ0n) is 23.2. The van der Waals surface area contributed by atoms with E-state index in [1.807, 2.05) is 67.0 Å². The maximum Gasteiger partial charge on any atom is 0.174 e. The number of hydrogen-bond acceptors (Lipinski definition) is 5. The Bertz CT molecular complexity index is 1640. The van der Waals surface area contributed by atoms with Crippen LogP contribution >= 0.6 is 12.2 Å². The first-order valence-corrected chi connectivity index (χ1v) is 13.9. The maximum atomic E-state index is 6.08. The summed E-state index contributed by atoms with van der Waals surface area (Å²) in [5.74, 6) is 2.27. The van der Waals surface area contributed by atoms with Gasteiger partial charge in [0.1, 0.15) is 17.2 Å². The Morgan fingerprint density at radius 2 is 1.61 bits per heavy atom. The van der Waals surface area contributed by atoms with Gasteiger partial charge in [0.15, 0.2) is 5.11 Å². The summed E-state index contributed by atoms with van der Waals surface area (Å²) in [7, 11) is 1.65. The van der Waals surface area contributed by atoms with Crippen molar-refractivity contribution in [1.29, 1.82) is 0 Å². The van der Waals surface area contributed by atoms with Crippen LogP contribution in [-0.2, 0) is 6.54 Å². The summed E-state index contributed by atoms with van der Waals surface area (Å²) in [6.45, 7) is 5.08. The Hall–Kier alpha value is -4.69. The summed E-state index contributed by atoms with van der Waals surface area (Å²) in [6, 6.07) is 27.7. The van der Waals surface area contributed by atoms with Gasteiger partial charge in [0, 0.05) is 42.2 Å². The molecule has 0 radical (unpaired) electrons. The highest BCUT2D eigenvalue weighted by molar-refractivity contribution is 7.80. The van der Waals surface area contributed by atoms with Crippen LogP contribution in [0.3, 0.4) is 0 Å². The summed E-state index contributed by atoms with van der Waals surface area (Å²) in [5.41, 5.74) is 6.65. The number of thiocarbonyl (C=S) groups is 1. The Morgan fingerprint density at radius 3 is 2.27 bits per heavy atom. The van der Waals surface area contributed by atoms with Gasteiger partial charge in [-0.1, -0.05) is 12.1 Å². The third-order valence-corrected chi connectivity index (χ3v) is 7.82. The minimum absolute atomic E-state index is 0.0976. The molecule has 6 rings (SSSR count). The summed E-state index contributed by atoms with van der Waals surface area (Å²) in [4.78, 5) is 11.2. The van der Waals surface area contributed by atoms with Gasteiger partial charge in [-0.2, -0.15) is 0 Å². The van der Waals surface area contributed by atoms with Gasteiger partial charge in [-0.15, -0.1) is 0 Å². The minimum Gasteiger partial charge on any atom is -0.497 e. The van der Waals surface area contributed by atoms with Crippen LogP contribution in [0.15, 0.2) is 104 Å². The van der Waals surface area contributed by atoms with Gasteiger partial charge in [-0.05, 0) is 110 Å². The lowest BCUT2D eigenvalue weighted by Gasteiger charge is -2.28. The molecule has 0 spiro atoms. The molecule has 0 bridgehead atoms. The van der Waals surface area contributed by atoms with Gasteiger partial charge in [0.05, 0.1) is 24.9 Å². The Balaban J connectivity index is 1.35. The fourth-order valence-electron chi connectivity index (χ4n) is 5.45. The predicted molar refractivity (Wildman–Crippen MR) is 165 cm³/mol.